The van der Waals surface area contributed by atoms with Crippen molar-refractivity contribution in [1.29, 1.82) is 0 Å². The maximum Gasteiger partial charge on any atom is 2.00 e. The van der Waals surface area contributed by atoms with Gasteiger partial charge in [-0.25, -0.2) is 4.39 Å². The molecule has 0 saturated carbocycles. The zero-order valence-corrected chi connectivity index (χ0v) is 10.9. The van der Waals surface area contributed by atoms with Crippen LogP contribution in [0, 0.1) is 5.82 Å². The first-order valence-electron chi connectivity index (χ1n) is 3.62. The molecular formula is C9H5ClFNOZn+2. The van der Waals surface area contributed by atoms with Crippen LogP contribution in [-0.2, 0) is 19.5 Å². The second-order valence-electron chi connectivity index (χ2n) is 2.59. The Labute approximate surface area is 97.5 Å². The van der Waals surface area contributed by atoms with Crippen molar-refractivity contribution in [2.75, 3.05) is 0 Å². The van der Waals surface area contributed by atoms with Crippen LogP contribution in [0.1, 0.15) is 0 Å². The summed E-state index contributed by atoms with van der Waals surface area (Å²) in [7, 11) is 0. The summed E-state index contributed by atoms with van der Waals surface area (Å²) in [4.78, 5) is 3.83. The normalized spacial score (nSPS) is 9.86. The summed E-state index contributed by atoms with van der Waals surface area (Å²) in [6.45, 7) is 0. The Bertz CT molecular complexity index is 478. The van der Waals surface area contributed by atoms with Gasteiger partial charge >= 0.3 is 19.5 Å². The predicted molar refractivity (Wildman–Crippen MR) is 48.4 cm³/mol. The molecule has 0 aliphatic carbocycles. The summed E-state index contributed by atoms with van der Waals surface area (Å²) in [5, 5.41) is 10.1. The Morgan fingerprint density at radius 1 is 1.43 bits per heavy atom. The third-order valence-corrected chi connectivity index (χ3v) is 2.08. The molecule has 0 saturated heterocycles. The molecule has 0 amide bonds. The van der Waals surface area contributed by atoms with E-state index in [4.69, 9.17) is 11.6 Å². The van der Waals surface area contributed by atoms with E-state index in [0.29, 0.717) is 5.39 Å². The molecule has 1 N–H and O–H groups in total. The smallest absolute Gasteiger partial charge is 0.503 e. The molecule has 0 aliphatic rings. The van der Waals surface area contributed by atoms with Crippen molar-refractivity contribution in [2.24, 2.45) is 0 Å². The van der Waals surface area contributed by atoms with Gasteiger partial charge in [0, 0.05) is 11.6 Å². The number of fused-ring (bicyclic) bond motifs is 1. The Kier molecular flexibility index (Phi) is 3.40. The van der Waals surface area contributed by atoms with Crippen LogP contribution in [0.25, 0.3) is 10.9 Å². The van der Waals surface area contributed by atoms with E-state index in [1.807, 2.05) is 0 Å². The number of rotatable bonds is 0. The number of hydrogen-bond donors (Lipinski definition) is 1. The third kappa shape index (κ3) is 1.72. The number of phenolic OH excluding ortho intramolecular Hbond substituents is 1. The van der Waals surface area contributed by atoms with Crippen molar-refractivity contribution in [3.8, 4) is 5.75 Å². The number of aromatic hydroxyl groups is 1. The molecule has 0 bridgehead atoms. The summed E-state index contributed by atoms with van der Waals surface area (Å²) in [6.07, 6.45) is 1.47. The van der Waals surface area contributed by atoms with E-state index in [-0.39, 0.29) is 30.0 Å². The molecule has 1 aromatic heterocycles. The van der Waals surface area contributed by atoms with Gasteiger partial charge in [-0.1, -0.05) is 11.6 Å². The van der Waals surface area contributed by atoms with Gasteiger partial charge in [-0.05, 0) is 18.2 Å². The van der Waals surface area contributed by atoms with Gasteiger partial charge in [0.25, 0.3) is 0 Å². The molecule has 14 heavy (non-hydrogen) atoms. The fourth-order valence-corrected chi connectivity index (χ4v) is 1.41. The van der Waals surface area contributed by atoms with Crippen molar-refractivity contribution in [3.05, 3.63) is 35.2 Å². The van der Waals surface area contributed by atoms with Crippen molar-refractivity contribution in [3.63, 3.8) is 0 Å². The molecule has 1 aromatic carbocycles. The first kappa shape index (κ1) is 11.3. The molecule has 5 heteroatoms. The van der Waals surface area contributed by atoms with Crippen LogP contribution in [0.2, 0.25) is 5.02 Å². The van der Waals surface area contributed by atoms with Crippen LogP contribution in [-0.4, -0.2) is 10.1 Å². The molecule has 0 atom stereocenters. The van der Waals surface area contributed by atoms with Crippen molar-refractivity contribution >= 4 is 22.5 Å². The standard InChI is InChI=1S/C9H5ClFNO.Zn/c10-6-4-7(11)9(13)8-5(6)2-1-3-12-8;/h1-4,13H;/q;+2/i11-1;. The van der Waals surface area contributed by atoms with Gasteiger partial charge in [0.2, 0.25) is 0 Å². The molecule has 1 heterocycles. The zero-order valence-electron chi connectivity index (χ0n) is 7.17. The van der Waals surface area contributed by atoms with Crippen LogP contribution in [0.15, 0.2) is 24.4 Å². The van der Waals surface area contributed by atoms with E-state index in [0.717, 1.165) is 6.07 Å². The number of phenols is 1. The van der Waals surface area contributed by atoms with E-state index < -0.39 is 11.6 Å². The maximum atomic E-state index is 12.9. The van der Waals surface area contributed by atoms with E-state index in [1.165, 1.54) is 6.20 Å². The molecule has 2 rings (SSSR count). The zero-order chi connectivity index (χ0) is 9.42. The van der Waals surface area contributed by atoms with Gasteiger partial charge in [0.05, 0.1) is 5.02 Å². The summed E-state index contributed by atoms with van der Waals surface area (Å²) in [6, 6.07) is 4.41. The van der Waals surface area contributed by atoms with E-state index in [1.54, 1.807) is 12.1 Å². The first-order chi connectivity index (χ1) is 6.20. The van der Waals surface area contributed by atoms with Gasteiger partial charge in [-0.2, -0.15) is 0 Å². The Hall–Kier alpha value is -0.727. The Balaban J connectivity index is 0.000000980. The molecule has 66 valence electrons. The van der Waals surface area contributed by atoms with E-state index >= 15 is 0 Å². The summed E-state index contributed by atoms with van der Waals surface area (Å²) < 4.78 is 12.9. The van der Waals surface area contributed by atoms with Gasteiger partial charge in [0.15, 0.2) is 11.6 Å². The monoisotopic (exact) mass is 260 g/mol. The average molecular weight is 262 g/mol. The first-order valence-corrected chi connectivity index (χ1v) is 3.99. The molecule has 0 aliphatic heterocycles. The van der Waals surface area contributed by atoms with Gasteiger partial charge < -0.3 is 5.11 Å². The van der Waals surface area contributed by atoms with Crippen molar-refractivity contribution in [1.82, 2.24) is 4.98 Å². The molecular weight excluding hydrogens is 257 g/mol. The summed E-state index contributed by atoms with van der Waals surface area (Å²) in [5.74, 6) is -1.21. The molecule has 2 nitrogen and oxygen atoms in total. The van der Waals surface area contributed by atoms with E-state index in [9.17, 15) is 9.50 Å². The van der Waals surface area contributed by atoms with Gasteiger partial charge in [-0.15, -0.1) is 0 Å². The van der Waals surface area contributed by atoms with Crippen LogP contribution < -0.4 is 0 Å². The molecule has 0 spiro atoms. The minimum Gasteiger partial charge on any atom is -0.503 e. The van der Waals surface area contributed by atoms with Crippen LogP contribution in [0.3, 0.4) is 0 Å². The maximum absolute atomic E-state index is 12.9. The van der Waals surface area contributed by atoms with Gasteiger partial charge in [-0.3, -0.25) is 4.98 Å². The van der Waals surface area contributed by atoms with Crippen LogP contribution >= 0.6 is 11.6 Å². The number of pyridine rings is 1. The molecule has 2 aromatic rings. The largest absolute Gasteiger partial charge is 2.00 e. The number of nitrogens with zero attached hydrogens (tertiary/aromatic N) is 1. The fraction of sp³-hybridized carbons (Fsp3) is 0. The minimum absolute atomic E-state index is 0. The SMILES string of the molecule is Oc1c([18F])cc(Cl)c2cccnc12.[Zn+2]. The summed E-state index contributed by atoms with van der Waals surface area (Å²) in [5.41, 5.74) is 0.188. The quantitative estimate of drug-likeness (QED) is 0.740. The fourth-order valence-electron chi connectivity index (χ4n) is 1.16. The molecule has 0 unspecified atom stereocenters. The average Bonchev–Trinajstić information content (AvgIpc) is 2.15. The molecule has 0 fully saturated rings. The second kappa shape index (κ2) is 4.20. The third-order valence-electron chi connectivity index (χ3n) is 1.77. The van der Waals surface area contributed by atoms with Gasteiger partial charge in [0.1, 0.15) is 5.52 Å². The number of aromatic nitrogens is 1. The molecule has 0 radical (unpaired) electrons. The topological polar surface area (TPSA) is 33.1 Å². The summed E-state index contributed by atoms with van der Waals surface area (Å²) >= 11 is 5.74. The Morgan fingerprint density at radius 3 is 2.86 bits per heavy atom. The predicted octanol–water partition coefficient (Wildman–Crippen LogP) is 2.73. The second-order valence-corrected chi connectivity index (χ2v) is 3.00. The Morgan fingerprint density at radius 2 is 2.14 bits per heavy atom. The number of benzene rings is 1. The van der Waals surface area contributed by atoms with E-state index in [2.05, 4.69) is 4.98 Å². The van der Waals surface area contributed by atoms with Crippen LogP contribution in [0.4, 0.5) is 4.39 Å². The van der Waals surface area contributed by atoms with Crippen LogP contribution in [0.5, 0.6) is 5.75 Å². The van der Waals surface area contributed by atoms with Crippen molar-refractivity contribution < 1.29 is 29.0 Å². The van der Waals surface area contributed by atoms with Crippen molar-refractivity contribution in [2.45, 2.75) is 0 Å². The number of hydrogen-bond acceptors (Lipinski definition) is 2. The minimum atomic E-state index is -0.754. The number of halogens is 2.